The lowest BCUT2D eigenvalue weighted by molar-refractivity contribution is 0.457. The lowest BCUT2D eigenvalue weighted by atomic mass is 9.93. The maximum Gasteiger partial charge on any atom is 0.0655 e. The Morgan fingerprint density at radius 2 is 1.73 bits per heavy atom. The van der Waals surface area contributed by atoms with Gasteiger partial charge in [0.05, 0.1) is 10.0 Å². The highest BCUT2D eigenvalue weighted by atomic mass is 35.5. The summed E-state index contributed by atoms with van der Waals surface area (Å²) in [5.41, 5.74) is 6.84. The standard InChI is InChI=1S/C11H14Cl3N/c1-3-6(2)11(15)9-7(12)4-5-8(13)10(9)14/h4-6,11H,3,15H2,1-2H3/t6?,11-/m0/s1. The average molecular weight is 267 g/mol. The zero-order chi connectivity index (χ0) is 11.6. The first-order valence-corrected chi connectivity index (χ1v) is 6.01. The normalized spacial score (nSPS) is 15.1. The summed E-state index contributed by atoms with van der Waals surface area (Å²) in [5.74, 6) is 0.318. The summed E-state index contributed by atoms with van der Waals surface area (Å²) < 4.78 is 0. The largest absolute Gasteiger partial charge is 0.324 e. The number of hydrogen-bond donors (Lipinski definition) is 1. The molecule has 0 aliphatic rings. The lowest BCUT2D eigenvalue weighted by Gasteiger charge is -2.21. The fourth-order valence-electron chi connectivity index (χ4n) is 1.39. The summed E-state index contributed by atoms with van der Waals surface area (Å²) >= 11 is 18.1. The number of hydrogen-bond acceptors (Lipinski definition) is 1. The molecule has 0 aliphatic carbocycles. The van der Waals surface area contributed by atoms with Gasteiger partial charge in [-0.25, -0.2) is 0 Å². The van der Waals surface area contributed by atoms with Crippen molar-refractivity contribution in [1.29, 1.82) is 0 Å². The van der Waals surface area contributed by atoms with Crippen LogP contribution in [0.2, 0.25) is 15.1 Å². The van der Waals surface area contributed by atoms with Crippen molar-refractivity contribution < 1.29 is 0 Å². The highest BCUT2D eigenvalue weighted by Gasteiger charge is 2.20. The van der Waals surface area contributed by atoms with E-state index in [9.17, 15) is 0 Å². The molecule has 0 radical (unpaired) electrons. The number of halogens is 3. The molecule has 0 fully saturated rings. The fraction of sp³-hybridized carbons (Fsp3) is 0.455. The molecule has 0 aliphatic heterocycles. The summed E-state index contributed by atoms with van der Waals surface area (Å²) in [6.45, 7) is 4.15. The topological polar surface area (TPSA) is 26.0 Å². The van der Waals surface area contributed by atoms with Crippen LogP contribution < -0.4 is 5.73 Å². The molecule has 0 bridgehead atoms. The van der Waals surface area contributed by atoms with Crippen molar-refractivity contribution in [3.63, 3.8) is 0 Å². The van der Waals surface area contributed by atoms with E-state index in [2.05, 4.69) is 13.8 Å². The van der Waals surface area contributed by atoms with E-state index < -0.39 is 0 Å². The van der Waals surface area contributed by atoms with Gasteiger partial charge >= 0.3 is 0 Å². The molecule has 1 unspecified atom stereocenters. The van der Waals surface area contributed by atoms with Gasteiger partial charge in [-0.2, -0.15) is 0 Å². The van der Waals surface area contributed by atoms with E-state index in [1.807, 2.05) is 0 Å². The van der Waals surface area contributed by atoms with Crippen LogP contribution in [0.1, 0.15) is 31.9 Å². The van der Waals surface area contributed by atoms with Crippen LogP contribution in [0, 0.1) is 5.92 Å². The Bertz CT molecular complexity index is 352. The van der Waals surface area contributed by atoms with E-state index in [0.717, 1.165) is 12.0 Å². The minimum atomic E-state index is -0.173. The minimum absolute atomic E-state index is 0.173. The molecule has 0 saturated heterocycles. The monoisotopic (exact) mass is 265 g/mol. The second-order valence-corrected chi connectivity index (χ2v) is 4.86. The van der Waals surface area contributed by atoms with Crippen LogP contribution in [0.25, 0.3) is 0 Å². The average Bonchev–Trinajstić information content (AvgIpc) is 2.22. The third kappa shape index (κ3) is 2.79. The van der Waals surface area contributed by atoms with Crippen LogP contribution in [0.3, 0.4) is 0 Å². The van der Waals surface area contributed by atoms with Crippen molar-refractivity contribution in [1.82, 2.24) is 0 Å². The molecule has 1 aromatic carbocycles. The third-order valence-electron chi connectivity index (χ3n) is 2.67. The first-order chi connectivity index (χ1) is 6.99. The van der Waals surface area contributed by atoms with Crippen molar-refractivity contribution in [2.24, 2.45) is 11.7 Å². The van der Waals surface area contributed by atoms with Crippen molar-refractivity contribution in [2.75, 3.05) is 0 Å². The van der Waals surface area contributed by atoms with Gasteiger partial charge < -0.3 is 5.73 Å². The van der Waals surface area contributed by atoms with E-state index >= 15 is 0 Å². The first kappa shape index (κ1) is 13.1. The zero-order valence-corrected chi connectivity index (χ0v) is 11.0. The Morgan fingerprint density at radius 3 is 2.27 bits per heavy atom. The number of benzene rings is 1. The van der Waals surface area contributed by atoms with E-state index in [-0.39, 0.29) is 6.04 Å². The summed E-state index contributed by atoms with van der Waals surface area (Å²) in [4.78, 5) is 0. The van der Waals surface area contributed by atoms with Crippen molar-refractivity contribution in [3.05, 3.63) is 32.8 Å². The van der Waals surface area contributed by atoms with Crippen molar-refractivity contribution >= 4 is 34.8 Å². The Balaban J connectivity index is 3.18. The quantitative estimate of drug-likeness (QED) is 0.789. The molecule has 2 N–H and O–H groups in total. The number of rotatable bonds is 3. The minimum Gasteiger partial charge on any atom is -0.324 e. The maximum absolute atomic E-state index is 6.10. The predicted molar refractivity (Wildman–Crippen MR) is 67.9 cm³/mol. The van der Waals surface area contributed by atoms with Crippen LogP contribution in [0.4, 0.5) is 0 Å². The molecular weight excluding hydrogens is 252 g/mol. The van der Waals surface area contributed by atoms with Gasteiger partial charge in [0.1, 0.15) is 0 Å². The van der Waals surface area contributed by atoms with Crippen LogP contribution in [0.15, 0.2) is 12.1 Å². The second kappa shape index (κ2) is 5.40. The van der Waals surface area contributed by atoms with Gasteiger partial charge in [-0.3, -0.25) is 0 Å². The second-order valence-electron chi connectivity index (χ2n) is 3.67. The summed E-state index contributed by atoms with van der Waals surface area (Å²) in [7, 11) is 0. The van der Waals surface area contributed by atoms with Gasteiger partial charge in [0, 0.05) is 16.6 Å². The maximum atomic E-state index is 6.10. The molecule has 0 spiro atoms. The molecule has 1 rings (SSSR count). The van der Waals surface area contributed by atoms with E-state index in [1.165, 1.54) is 0 Å². The molecule has 4 heteroatoms. The van der Waals surface area contributed by atoms with Crippen molar-refractivity contribution in [2.45, 2.75) is 26.3 Å². The van der Waals surface area contributed by atoms with E-state index in [4.69, 9.17) is 40.5 Å². The molecule has 15 heavy (non-hydrogen) atoms. The molecule has 1 nitrogen and oxygen atoms in total. The number of nitrogens with two attached hydrogens (primary N) is 1. The Hall–Kier alpha value is 0.0500. The smallest absolute Gasteiger partial charge is 0.0655 e. The summed E-state index contributed by atoms with van der Waals surface area (Å²) in [6, 6.07) is 3.24. The molecule has 2 atom stereocenters. The molecule has 1 aromatic rings. The molecule has 84 valence electrons. The van der Waals surface area contributed by atoms with Crippen LogP contribution in [0.5, 0.6) is 0 Å². The van der Waals surface area contributed by atoms with Gasteiger partial charge in [0.2, 0.25) is 0 Å². The first-order valence-electron chi connectivity index (χ1n) is 4.88. The van der Waals surface area contributed by atoms with Crippen molar-refractivity contribution in [3.8, 4) is 0 Å². The molecular formula is C11H14Cl3N. The van der Waals surface area contributed by atoms with Gasteiger partial charge in [-0.1, -0.05) is 55.1 Å². The Labute approximate surface area is 106 Å². The van der Waals surface area contributed by atoms with Gasteiger partial charge in [-0.15, -0.1) is 0 Å². The molecule has 0 amide bonds. The van der Waals surface area contributed by atoms with Gasteiger partial charge in [0.15, 0.2) is 0 Å². The highest BCUT2D eigenvalue weighted by Crippen LogP contribution is 2.37. The Kier molecular flexibility index (Phi) is 4.72. The zero-order valence-electron chi connectivity index (χ0n) is 8.73. The van der Waals surface area contributed by atoms with Gasteiger partial charge in [0.25, 0.3) is 0 Å². The highest BCUT2D eigenvalue weighted by molar-refractivity contribution is 6.44. The fourth-order valence-corrected chi connectivity index (χ4v) is 2.17. The van der Waals surface area contributed by atoms with Crippen LogP contribution in [-0.4, -0.2) is 0 Å². The molecule has 0 saturated carbocycles. The van der Waals surface area contributed by atoms with Crippen LogP contribution >= 0.6 is 34.8 Å². The molecule has 0 heterocycles. The lowest BCUT2D eigenvalue weighted by Crippen LogP contribution is -2.19. The van der Waals surface area contributed by atoms with Gasteiger partial charge in [-0.05, 0) is 18.1 Å². The third-order valence-corrected chi connectivity index (χ3v) is 3.82. The summed E-state index contributed by atoms with van der Waals surface area (Å²) in [6.07, 6.45) is 0.973. The molecule has 0 aromatic heterocycles. The Morgan fingerprint density at radius 1 is 1.20 bits per heavy atom. The van der Waals surface area contributed by atoms with E-state index in [0.29, 0.717) is 21.0 Å². The SMILES string of the molecule is CCC(C)[C@H](N)c1c(Cl)ccc(Cl)c1Cl. The van der Waals surface area contributed by atoms with E-state index in [1.54, 1.807) is 12.1 Å². The van der Waals surface area contributed by atoms with Crippen LogP contribution in [-0.2, 0) is 0 Å². The summed E-state index contributed by atoms with van der Waals surface area (Å²) in [5, 5.41) is 1.55. The predicted octanol–water partition coefficient (Wildman–Crippen LogP) is 4.69.